The van der Waals surface area contributed by atoms with Gasteiger partial charge in [0.2, 0.25) is 0 Å². The first-order chi connectivity index (χ1) is 9.17. The first kappa shape index (κ1) is 13.2. The highest BCUT2D eigenvalue weighted by atomic mass is 16.4. The molecule has 0 aliphatic carbocycles. The molecule has 8 heteroatoms. The molecule has 0 aromatic carbocycles. The Balaban J connectivity index is 2.32. The van der Waals surface area contributed by atoms with Crippen LogP contribution in [-0.4, -0.2) is 42.2 Å². The Morgan fingerprint density at radius 2 is 2.32 bits per heavy atom. The quantitative estimate of drug-likeness (QED) is 0.743. The zero-order valence-corrected chi connectivity index (χ0v) is 10.7. The van der Waals surface area contributed by atoms with Gasteiger partial charge in [-0.25, -0.2) is 14.5 Å². The first-order valence-corrected chi connectivity index (χ1v) is 6.02. The summed E-state index contributed by atoms with van der Waals surface area (Å²) >= 11 is 0. The maximum Gasteiger partial charge on any atom is 0.358 e. The molecule has 0 radical (unpaired) electrons. The van der Waals surface area contributed by atoms with E-state index in [1.54, 1.807) is 17.2 Å². The van der Waals surface area contributed by atoms with E-state index in [1.807, 2.05) is 11.5 Å². The summed E-state index contributed by atoms with van der Waals surface area (Å²) in [5.41, 5.74) is 6.96. The lowest BCUT2D eigenvalue weighted by molar-refractivity contribution is 0.0689. The fraction of sp³-hybridized carbons (Fsp3) is 0.455. The largest absolute Gasteiger partial charge is 0.476 e. The molecule has 0 saturated heterocycles. The van der Waals surface area contributed by atoms with Crippen molar-refractivity contribution in [1.82, 2.24) is 24.5 Å². The molecule has 2 heterocycles. The van der Waals surface area contributed by atoms with Gasteiger partial charge >= 0.3 is 5.97 Å². The number of carboxylic acids is 1. The third kappa shape index (κ3) is 2.63. The van der Waals surface area contributed by atoms with Crippen molar-refractivity contribution in [2.75, 3.05) is 6.54 Å². The number of aryl methyl sites for hydroxylation is 1. The van der Waals surface area contributed by atoms with E-state index >= 15 is 0 Å². The summed E-state index contributed by atoms with van der Waals surface area (Å²) in [6.45, 7) is 3.59. The molecule has 0 atom stereocenters. The van der Waals surface area contributed by atoms with Crippen LogP contribution in [0.3, 0.4) is 0 Å². The van der Waals surface area contributed by atoms with E-state index in [0.29, 0.717) is 25.2 Å². The predicted molar refractivity (Wildman–Crippen MR) is 66.7 cm³/mol. The fourth-order valence-electron chi connectivity index (χ4n) is 1.93. The van der Waals surface area contributed by atoms with E-state index < -0.39 is 5.97 Å². The molecule has 8 nitrogen and oxygen atoms in total. The third-order valence-electron chi connectivity index (χ3n) is 2.87. The minimum atomic E-state index is -1.08. The van der Waals surface area contributed by atoms with Crippen molar-refractivity contribution < 1.29 is 9.90 Å². The highest BCUT2D eigenvalue weighted by molar-refractivity contribution is 5.86. The van der Waals surface area contributed by atoms with Crippen LogP contribution in [-0.2, 0) is 19.5 Å². The predicted octanol–water partition coefficient (Wildman–Crippen LogP) is -0.258. The summed E-state index contributed by atoms with van der Waals surface area (Å²) in [5.74, 6) is -1.08. The molecule has 0 saturated carbocycles. The highest BCUT2D eigenvalue weighted by Gasteiger charge is 2.18. The lowest BCUT2D eigenvalue weighted by atomic mass is 10.2. The van der Waals surface area contributed by atoms with Gasteiger partial charge in [-0.1, -0.05) is 5.21 Å². The molecule has 0 bridgehead atoms. The molecule has 2 aromatic rings. The smallest absolute Gasteiger partial charge is 0.358 e. The van der Waals surface area contributed by atoms with Crippen LogP contribution < -0.4 is 5.73 Å². The molecule has 19 heavy (non-hydrogen) atoms. The second-order valence-corrected chi connectivity index (χ2v) is 4.06. The number of nitrogens with two attached hydrogens (primary N) is 1. The first-order valence-electron chi connectivity index (χ1n) is 6.02. The third-order valence-corrected chi connectivity index (χ3v) is 2.87. The maximum absolute atomic E-state index is 11.1. The van der Waals surface area contributed by atoms with Crippen molar-refractivity contribution in [2.24, 2.45) is 5.73 Å². The van der Waals surface area contributed by atoms with Crippen LogP contribution >= 0.6 is 0 Å². The number of aromatic carboxylic acids is 1. The Kier molecular flexibility index (Phi) is 3.91. The van der Waals surface area contributed by atoms with Gasteiger partial charge in [-0.05, 0) is 13.5 Å². The van der Waals surface area contributed by atoms with Crippen molar-refractivity contribution in [3.05, 3.63) is 29.6 Å². The molecule has 2 rings (SSSR count). The highest BCUT2D eigenvalue weighted by Crippen LogP contribution is 2.09. The average Bonchev–Trinajstić information content (AvgIpc) is 2.98. The number of carbonyl (C=O) groups is 1. The molecule has 0 amide bonds. The van der Waals surface area contributed by atoms with E-state index in [-0.39, 0.29) is 5.69 Å². The molecule has 0 aliphatic rings. The van der Waals surface area contributed by atoms with Crippen molar-refractivity contribution in [1.29, 1.82) is 0 Å². The van der Waals surface area contributed by atoms with E-state index in [9.17, 15) is 4.79 Å². The van der Waals surface area contributed by atoms with Gasteiger partial charge in [-0.15, -0.1) is 5.10 Å². The van der Waals surface area contributed by atoms with E-state index in [2.05, 4.69) is 15.3 Å². The molecule has 0 unspecified atom stereocenters. The van der Waals surface area contributed by atoms with Gasteiger partial charge in [0.1, 0.15) is 0 Å². The Morgan fingerprint density at radius 3 is 2.95 bits per heavy atom. The molecule has 102 valence electrons. The topological polar surface area (TPSA) is 112 Å². The molecule has 0 spiro atoms. The van der Waals surface area contributed by atoms with Crippen molar-refractivity contribution in [3.8, 4) is 0 Å². The Morgan fingerprint density at radius 1 is 1.53 bits per heavy atom. The number of nitrogens with zero attached hydrogens (tertiary/aromatic N) is 5. The second-order valence-electron chi connectivity index (χ2n) is 4.06. The Hall–Kier alpha value is -2.22. The van der Waals surface area contributed by atoms with Crippen LogP contribution in [0.4, 0.5) is 0 Å². The Labute approximate surface area is 109 Å². The summed E-state index contributed by atoms with van der Waals surface area (Å²) in [5, 5.41) is 16.7. The summed E-state index contributed by atoms with van der Waals surface area (Å²) < 4.78 is 3.54. The van der Waals surface area contributed by atoms with Crippen molar-refractivity contribution in [2.45, 2.75) is 26.4 Å². The lowest BCUT2D eigenvalue weighted by Gasteiger charge is -2.08. The van der Waals surface area contributed by atoms with E-state index in [1.165, 1.54) is 0 Å². The lowest BCUT2D eigenvalue weighted by Crippen LogP contribution is -2.15. The standard InChI is InChI=1S/C11H16N6O2/c1-2-16-7-13-5-8(16)6-17-9(3-4-12)10(11(18)19)14-15-17/h5,7H,2-4,6,12H2,1H3,(H,18,19). The van der Waals surface area contributed by atoms with Crippen LogP contribution in [0.2, 0.25) is 0 Å². The van der Waals surface area contributed by atoms with Crippen LogP contribution in [0.1, 0.15) is 28.8 Å². The number of aromatic nitrogens is 5. The van der Waals surface area contributed by atoms with Gasteiger partial charge in [0.15, 0.2) is 5.69 Å². The number of carboxylic acid groups (broad SMARTS) is 1. The molecule has 3 N–H and O–H groups in total. The fourth-order valence-corrected chi connectivity index (χ4v) is 1.93. The summed E-state index contributed by atoms with van der Waals surface area (Å²) in [7, 11) is 0. The maximum atomic E-state index is 11.1. The number of hydrogen-bond acceptors (Lipinski definition) is 5. The number of hydrogen-bond donors (Lipinski definition) is 2. The summed E-state index contributed by atoms with van der Waals surface area (Å²) in [6.07, 6.45) is 3.89. The van der Waals surface area contributed by atoms with Gasteiger partial charge in [0, 0.05) is 13.0 Å². The van der Waals surface area contributed by atoms with Crippen LogP contribution in [0.25, 0.3) is 0 Å². The molecular formula is C11H16N6O2. The number of imidazole rings is 1. The Bertz CT molecular complexity index is 574. The SMILES string of the molecule is CCn1cncc1Cn1nnc(C(=O)O)c1CCN. The van der Waals surface area contributed by atoms with Gasteiger partial charge in [-0.3, -0.25) is 0 Å². The van der Waals surface area contributed by atoms with Gasteiger partial charge in [0.05, 0.1) is 30.5 Å². The average molecular weight is 264 g/mol. The van der Waals surface area contributed by atoms with Gasteiger partial charge in [-0.2, -0.15) is 0 Å². The molecule has 0 aliphatic heterocycles. The molecular weight excluding hydrogens is 248 g/mol. The van der Waals surface area contributed by atoms with E-state index in [0.717, 1.165) is 12.2 Å². The minimum absolute atomic E-state index is 0.0342. The van der Waals surface area contributed by atoms with Gasteiger partial charge in [0.25, 0.3) is 0 Å². The molecule has 0 fully saturated rings. The summed E-state index contributed by atoms with van der Waals surface area (Å²) in [4.78, 5) is 15.1. The van der Waals surface area contributed by atoms with Crippen LogP contribution in [0.15, 0.2) is 12.5 Å². The van der Waals surface area contributed by atoms with E-state index in [4.69, 9.17) is 10.8 Å². The molecule has 2 aromatic heterocycles. The van der Waals surface area contributed by atoms with Gasteiger partial charge < -0.3 is 15.4 Å². The van der Waals surface area contributed by atoms with Crippen molar-refractivity contribution in [3.63, 3.8) is 0 Å². The second kappa shape index (κ2) is 5.61. The van der Waals surface area contributed by atoms with Crippen LogP contribution in [0.5, 0.6) is 0 Å². The minimum Gasteiger partial charge on any atom is -0.476 e. The van der Waals surface area contributed by atoms with Crippen LogP contribution in [0, 0.1) is 0 Å². The van der Waals surface area contributed by atoms with Crippen molar-refractivity contribution >= 4 is 5.97 Å². The number of rotatable bonds is 6. The zero-order chi connectivity index (χ0) is 13.8. The normalized spacial score (nSPS) is 10.8. The monoisotopic (exact) mass is 264 g/mol. The summed E-state index contributed by atoms with van der Waals surface area (Å²) in [6, 6.07) is 0. The zero-order valence-electron chi connectivity index (χ0n) is 10.7.